The van der Waals surface area contributed by atoms with Gasteiger partial charge in [0.2, 0.25) is 5.88 Å². The topological polar surface area (TPSA) is 160 Å². The van der Waals surface area contributed by atoms with Crippen LogP contribution in [0.3, 0.4) is 0 Å². The predicted molar refractivity (Wildman–Crippen MR) is 172 cm³/mol. The number of pyridine rings is 1. The second-order valence-corrected chi connectivity index (χ2v) is 13.6. The molecule has 2 atom stereocenters. The standard InChI is InChI=1S/C33H50N8O3/c1-21(2)22-11-16-33(17-12-22)38-29(25-14-18-36-28(19-25)44-6)31(43)41(33)26(13-15-32(3,4)5)23-7-9-24(10-8-23)30(42)37-20-27(34)39-40-35/h7-10,14,18-19,21-22,26-27,39-40H,11-13,15-17,20,34-35H2,1-6H3,(H,37,42). The molecule has 11 nitrogen and oxygen atoms in total. The molecule has 0 saturated heterocycles. The summed E-state index contributed by atoms with van der Waals surface area (Å²) in [5, 5.41) is 2.81. The van der Waals surface area contributed by atoms with Gasteiger partial charge in [-0.2, -0.15) is 5.53 Å². The molecule has 1 saturated carbocycles. The molecule has 1 aromatic carbocycles. The number of hydrogen-bond donors (Lipinski definition) is 5. The molecule has 4 rings (SSSR count). The molecule has 11 heteroatoms. The number of benzene rings is 1. The fourth-order valence-electron chi connectivity index (χ4n) is 6.36. The lowest BCUT2D eigenvalue weighted by Gasteiger charge is -2.46. The Bertz CT molecular complexity index is 1310. The van der Waals surface area contributed by atoms with Crippen LogP contribution in [0, 0.1) is 17.3 Å². The van der Waals surface area contributed by atoms with Gasteiger partial charge in [0.1, 0.15) is 11.4 Å². The number of hydrazine groups is 2. The number of aromatic nitrogens is 1. The van der Waals surface area contributed by atoms with Gasteiger partial charge in [-0.15, -0.1) is 0 Å². The Labute approximate surface area is 261 Å². The van der Waals surface area contributed by atoms with Crippen LogP contribution >= 0.6 is 0 Å². The van der Waals surface area contributed by atoms with Crippen molar-refractivity contribution in [2.75, 3.05) is 13.7 Å². The van der Waals surface area contributed by atoms with Crippen LogP contribution < -0.4 is 32.6 Å². The van der Waals surface area contributed by atoms with Crippen LogP contribution in [0.15, 0.2) is 47.6 Å². The van der Waals surface area contributed by atoms with Gasteiger partial charge in [0.15, 0.2) is 0 Å². The van der Waals surface area contributed by atoms with Crippen LogP contribution in [0.25, 0.3) is 0 Å². The Morgan fingerprint density at radius 3 is 2.43 bits per heavy atom. The minimum atomic E-state index is -0.632. The van der Waals surface area contributed by atoms with Gasteiger partial charge < -0.3 is 20.7 Å². The second kappa shape index (κ2) is 14.2. The highest BCUT2D eigenvalue weighted by Gasteiger charge is 2.52. The van der Waals surface area contributed by atoms with Crippen LogP contribution in [0.1, 0.15) is 101 Å². The summed E-state index contributed by atoms with van der Waals surface area (Å²) in [7, 11) is 1.57. The zero-order chi connectivity index (χ0) is 32.1. The summed E-state index contributed by atoms with van der Waals surface area (Å²) in [6.45, 7) is 11.4. The maximum Gasteiger partial charge on any atom is 0.275 e. The van der Waals surface area contributed by atoms with E-state index in [-0.39, 0.29) is 29.8 Å². The van der Waals surface area contributed by atoms with Crippen molar-refractivity contribution in [2.24, 2.45) is 33.8 Å². The third-order valence-corrected chi connectivity index (χ3v) is 8.97. The van der Waals surface area contributed by atoms with Gasteiger partial charge >= 0.3 is 0 Å². The molecule has 0 bridgehead atoms. The number of nitrogens with one attached hydrogen (secondary N) is 3. The van der Waals surface area contributed by atoms with Crippen molar-refractivity contribution in [3.05, 3.63) is 59.3 Å². The van der Waals surface area contributed by atoms with Crippen molar-refractivity contribution in [3.63, 3.8) is 0 Å². The van der Waals surface area contributed by atoms with Crippen molar-refractivity contribution in [3.8, 4) is 5.88 Å². The highest BCUT2D eigenvalue weighted by Crippen LogP contribution is 2.48. The summed E-state index contributed by atoms with van der Waals surface area (Å²) in [6, 6.07) is 11.0. The first-order valence-electron chi connectivity index (χ1n) is 15.7. The fraction of sp³-hybridized carbons (Fsp3) is 0.576. The largest absolute Gasteiger partial charge is 0.481 e. The average Bonchev–Trinajstić information content (AvgIpc) is 3.27. The van der Waals surface area contributed by atoms with Gasteiger partial charge in [-0.1, -0.05) is 46.8 Å². The minimum absolute atomic E-state index is 0.0661. The summed E-state index contributed by atoms with van der Waals surface area (Å²) >= 11 is 0. The van der Waals surface area contributed by atoms with E-state index in [0.29, 0.717) is 34.6 Å². The molecule has 1 spiro atoms. The van der Waals surface area contributed by atoms with Gasteiger partial charge in [0, 0.05) is 29.9 Å². The third-order valence-electron chi connectivity index (χ3n) is 8.97. The van der Waals surface area contributed by atoms with E-state index in [0.717, 1.165) is 44.1 Å². The van der Waals surface area contributed by atoms with Gasteiger partial charge in [-0.25, -0.2) is 10.4 Å². The first-order chi connectivity index (χ1) is 20.9. The summed E-state index contributed by atoms with van der Waals surface area (Å²) in [5.74, 6) is 6.55. The Morgan fingerprint density at radius 1 is 1.16 bits per heavy atom. The van der Waals surface area contributed by atoms with Crippen molar-refractivity contribution in [1.82, 2.24) is 26.2 Å². The molecular formula is C33H50N8O3. The number of aliphatic imine (C=N–C) groups is 1. The van der Waals surface area contributed by atoms with E-state index in [1.54, 1.807) is 19.4 Å². The SMILES string of the molecule is COc1cc(C2=NC3(CCC(C(C)C)CC3)N(C(CCC(C)(C)C)c3ccc(C(=O)NCC(N)NNN)cc3)C2=O)ccn1. The molecule has 2 amide bonds. The van der Waals surface area contributed by atoms with E-state index in [4.69, 9.17) is 21.3 Å². The van der Waals surface area contributed by atoms with Gasteiger partial charge in [0.25, 0.3) is 11.8 Å². The third kappa shape index (κ3) is 7.82. The molecule has 1 aliphatic heterocycles. The van der Waals surface area contributed by atoms with E-state index < -0.39 is 11.8 Å². The number of nitrogens with two attached hydrogens (primary N) is 2. The van der Waals surface area contributed by atoms with Crippen molar-refractivity contribution in [2.45, 2.75) is 91.0 Å². The number of carbonyl (C=O) groups is 2. The monoisotopic (exact) mass is 606 g/mol. The number of amides is 2. The molecule has 2 unspecified atom stereocenters. The molecular weight excluding hydrogens is 556 g/mol. The first kappa shape index (κ1) is 33.5. The van der Waals surface area contributed by atoms with Crippen LogP contribution in [0.5, 0.6) is 5.88 Å². The Balaban J connectivity index is 1.70. The first-order valence-corrected chi connectivity index (χ1v) is 15.7. The quantitative estimate of drug-likeness (QED) is 0.139. The molecule has 0 radical (unpaired) electrons. The number of methoxy groups -OCH3 is 1. The van der Waals surface area contributed by atoms with Crippen molar-refractivity contribution < 1.29 is 14.3 Å². The van der Waals surface area contributed by atoms with Gasteiger partial charge in [-0.3, -0.25) is 20.4 Å². The van der Waals surface area contributed by atoms with Crippen LogP contribution in [0.4, 0.5) is 0 Å². The molecule has 1 aliphatic carbocycles. The number of carbonyl (C=O) groups excluding carboxylic acids is 2. The van der Waals surface area contributed by atoms with Crippen LogP contribution in [0.2, 0.25) is 0 Å². The maximum atomic E-state index is 14.5. The Kier molecular flexibility index (Phi) is 10.8. The van der Waals surface area contributed by atoms with E-state index >= 15 is 0 Å². The lowest BCUT2D eigenvalue weighted by Crippen LogP contribution is -2.54. The minimum Gasteiger partial charge on any atom is -0.481 e. The number of ether oxygens (including phenoxy) is 1. The molecule has 44 heavy (non-hydrogen) atoms. The number of nitrogens with zero attached hydrogens (tertiary/aromatic N) is 3. The summed E-state index contributed by atoms with van der Waals surface area (Å²) in [4.78, 5) is 39.0. The molecule has 2 heterocycles. The molecule has 1 fully saturated rings. The zero-order valence-corrected chi connectivity index (χ0v) is 27.0. The van der Waals surface area contributed by atoms with E-state index in [1.807, 2.05) is 30.3 Å². The van der Waals surface area contributed by atoms with Crippen molar-refractivity contribution >= 4 is 17.5 Å². The average molecular weight is 607 g/mol. The molecule has 2 aromatic rings. The molecule has 240 valence electrons. The lowest BCUT2D eigenvalue weighted by atomic mass is 9.75. The molecule has 2 aliphatic rings. The Morgan fingerprint density at radius 2 is 1.84 bits per heavy atom. The number of rotatable bonds is 12. The molecule has 7 N–H and O–H groups in total. The van der Waals surface area contributed by atoms with Gasteiger partial charge in [-0.05, 0) is 79.5 Å². The normalized spacial score (nSPS) is 21.8. The highest BCUT2D eigenvalue weighted by molar-refractivity contribution is 6.46. The summed E-state index contributed by atoms with van der Waals surface area (Å²) in [5.41, 5.74) is 12.9. The van der Waals surface area contributed by atoms with E-state index in [9.17, 15) is 9.59 Å². The zero-order valence-electron chi connectivity index (χ0n) is 27.0. The smallest absolute Gasteiger partial charge is 0.275 e. The van der Waals surface area contributed by atoms with Crippen LogP contribution in [-0.4, -0.2) is 52.9 Å². The summed E-state index contributed by atoms with van der Waals surface area (Å²) < 4.78 is 5.38. The molecule has 1 aromatic heterocycles. The highest BCUT2D eigenvalue weighted by atomic mass is 16.5. The summed E-state index contributed by atoms with van der Waals surface area (Å²) in [6.07, 6.45) is 6.45. The van der Waals surface area contributed by atoms with Crippen LogP contribution in [-0.2, 0) is 4.79 Å². The maximum absolute atomic E-state index is 14.5. The Hall–Kier alpha value is -3.38. The van der Waals surface area contributed by atoms with Gasteiger partial charge in [0.05, 0.1) is 19.3 Å². The number of hydrogen-bond acceptors (Lipinski definition) is 9. The predicted octanol–water partition coefficient (Wildman–Crippen LogP) is 3.81. The second-order valence-electron chi connectivity index (χ2n) is 13.6. The lowest BCUT2D eigenvalue weighted by molar-refractivity contribution is -0.133. The van der Waals surface area contributed by atoms with Crippen molar-refractivity contribution in [1.29, 1.82) is 0 Å². The fourth-order valence-corrected chi connectivity index (χ4v) is 6.36. The van der Waals surface area contributed by atoms with E-state index in [2.05, 4.69) is 60.8 Å². The van der Waals surface area contributed by atoms with E-state index in [1.165, 1.54) is 0 Å².